The van der Waals surface area contributed by atoms with E-state index in [0.717, 1.165) is 50.3 Å². The molecule has 1 aliphatic heterocycles. The summed E-state index contributed by atoms with van der Waals surface area (Å²) in [4.78, 5) is 31.4. The van der Waals surface area contributed by atoms with Crippen LogP contribution in [0.2, 0.25) is 0 Å². The van der Waals surface area contributed by atoms with E-state index < -0.39 is 33.7 Å². The van der Waals surface area contributed by atoms with Crippen LogP contribution in [-0.2, 0) is 43.9 Å². The van der Waals surface area contributed by atoms with Crippen molar-refractivity contribution in [2.24, 2.45) is 10.7 Å². The molecule has 13 heteroatoms. The highest BCUT2D eigenvalue weighted by Crippen LogP contribution is 2.45. The molecule has 4 N–H and O–H groups in total. The van der Waals surface area contributed by atoms with Gasteiger partial charge in [0.15, 0.2) is 0 Å². The number of nitrogens with one attached hydrogen (secondary N) is 2. The van der Waals surface area contributed by atoms with Crippen LogP contribution in [-0.4, -0.2) is 51.2 Å². The molecule has 1 aliphatic carbocycles. The molecular weight excluding hydrogens is 805 g/mol. The van der Waals surface area contributed by atoms with Crippen molar-refractivity contribution in [3.05, 3.63) is 147 Å². The molecule has 5 aromatic rings. The number of ether oxygens (including phenoxy) is 4. The molecule has 0 bridgehead atoms. The number of carbonyl (C=O) groups is 2. The zero-order valence-electron chi connectivity index (χ0n) is 36.0. The van der Waals surface area contributed by atoms with Gasteiger partial charge in [-0.3, -0.25) is 4.99 Å². The zero-order chi connectivity index (χ0) is 44.2. The maximum absolute atomic E-state index is 13.7. The molecule has 7 rings (SSSR count). The van der Waals surface area contributed by atoms with E-state index in [2.05, 4.69) is 27.2 Å². The van der Waals surface area contributed by atoms with Gasteiger partial charge in [-0.2, -0.15) is 0 Å². The van der Waals surface area contributed by atoms with Crippen molar-refractivity contribution in [3.8, 4) is 22.6 Å². The van der Waals surface area contributed by atoms with Crippen LogP contribution in [0.3, 0.4) is 0 Å². The molecule has 12 nitrogen and oxygen atoms in total. The van der Waals surface area contributed by atoms with E-state index in [9.17, 15) is 18.0 Å². The molecule has 62 heavy (non-hydrogen) atoms. The number of aliphatic imine (C=N–C) groups is 1. The van der Waals surface area contributed by atoms with E-state index >= 15 is 0 Å². The van der Waals surface area contributed by atoms with Crippen LogP contribution in [0.15, 0.2) is 107 Å². The van der Waals surface area contributed by atoms with Gasteiger partial charge in [-0.15, -0.1) is 0 Å². The number of amides is 1. The summed E-state index contributed by atoms with van der Waals surface area (Å²) in [5, 5.41) is 2.70. The molecule has 5 aromatic carbocycles. The highest BCUT2D eigenvalue weighted by molar-refractivity contribution is 7.90. The first-order valence-corrected chi connectivity index (χ1v) is 22.3. The Bertz CT molecular complexity index is 2560. The Labute approximate surface area is 363 Å². The fourth-order valence-corrected chi connectivity index (χ4v) is 9.71. The van der Waals surface area contributed by atoms with Crippen LogP contribution < -0.4 is 25.2 Å². The molecule has 1 heterocycles. The van der Waals surface area contributed by atoms with Gasteiger partial charge in [-0.05, 0) is 117 Å². The van der Waals surface area contributed by atoms with E-state index in [-0.39, 0.29) is 49.4 Å². The molecule has 324 valence electrons. The second-order valence-electron chi connectivity index (χ2n) is 16.6. The first kappa shape index (κ1) is 43.7. The molecule has 0 spiro atoms. The fourth-order valence-electron chi connectivity index (χ4n) is 8.18. The van der Waals surface area contributed by atoms with Crippen molar-refractivity contribution in [2.45, 2.75) is 96.5 Å². The summed E-state index contributed by atoms with van der Waals surface area (Å²) < 4.78 is 53.4. The second kappa shape index (κ2) is 18.3. The van der Waals surface area contributed by atoms with E-state index in [4.69, 9.17) is 24.7 Å². The first-order chi connectivity index (χ1) is 29.6. The number of hydrogen-bond acceptors (Lipinski definition) is 9. The zero-order valence-corrected chi connectivity index (χ0v) is 36.9. The predicted octanol–water partition coefficient (Wildman–Crippen LogP) is 8.24. The molecule has 1 amide bonds. The largest absolute Gasteiger partial charge is 0.489 e. The lowest BCUT2D eigenvalue weighted by Gasteiger charge is -2.19. The molecule has 0 aromatic heterocycles. The van der Waals surface area contributed by atoms with E-state index in [1.807, 2.05) is 113 Å². The minimum absolute atomic E-state index is 0.0442. The average molecular weight is 859 g/mol. The number of rotatable bonds is 15. The molecule has 0 unspecified atom stereocenters. The Balaban J connectivity index is 0.987. The van der Waals surface area contributed by atoms with Gasteiger partial charge in [0.25, 0.3) is 10.0 Å². The Morgan fingerprint density at radius 3 is 2.10 bits per heavy atom. The minimum Gasteiger partial charge on any atom is -0.489 e. The molecule has 0 fully saturated rings. The van der Waals surface area contributed by atoms with Crippen LogP contribution in [0.25, 0.3) is 11.1 Å². The van der Waals surface area contributed by atoms with Crippen LogP contribution >= 0.6 is 0 Å². The van der Waals surface area contributed by atoms with Crippen molar-refractivity contribution in [3.63, 3.8) is 0 Å². The third kappa shape index (κ3) is 9.89. The topological polar surface area (TPSA) is 168 Å². The Morgan fingerprint density at radius 1 is 0.823 bits per heavy atom. The summed E-state index contributed by atoms with van der Waals surface area (Å²) >= 11 is 0. The van der Waals surface area contributed by atoms with E-state index in [1.165, 1.54) is 5.56 Å². The number of esters is 1. The summed E-state index contributed by atoms with van der Waals surface area (Å²) in [6.45, 7) is 11.8. The quantitative estimate of drug-likeness (QED) is 0.0407. The molecule has 1 atom stereocenters. The maximum atomic E-state index is 13.7. The lowest BCUT2D eigenvalue weighted by atomic mass is 9.94. The van der Waals surface area contributed by atoms with Crippen molar-refractivity contribution in [2.75, 3.05) is 13.2 Å². The van der Waals surface area contributed by atoms with Gasteiger partial charge in [0.1, 0.15) is 43.0 Å². The number of aryl methyl sites for hydroxylation is 1. The van der Waals surface area contributed by atoms with Crippen molar-refractivity contribution in [1.82, 2.24) is 10.0 Å². The highest BCUT2D eigenvalue weighted by Gasteiger charge is 2.37. The maximum Gasteiger partial charge on any atom is 0.407 e. The number of benzene rings is 5. The van der Waals surface area contributed by atoms with Crippen LogP contribution in [0.4, 0.5) is 4.79 Å². The molecule has 0 saturated heterocycles. The van der Waals surface area contributed by atoms with Gasteiger partial charge in [0.2, 0.25) is 5.96 Å². The van der Waals surface area contributed by atoms with Gasteiger partial charge in [0.05, 0.1) is 4.90 Å². The van der Waals surface area contributed by atoms with Gasteiger partial charge < -0.3 is 30.0 Å². The Hall–Kier alpha value is -6.34. The lowest BCUT2D eigenvalue weighted by Crippen LogP contribution is -2.42. The number of nitrogens with two attached hydrogens (primary N) is 1. The first-order valence-electron chi connectivity index (χ1n) is 20.8. The van der Waals surface area contributed by atoms with Crippen molar-refractivity contribution >= 4 is 28.0 Å². The Morgan fingerprint density at radius 2 is 1.44 bits per heavy atom. The second-order valence-corrected chi connectivity index (χ2v) is 18.2. The number of sulfonamides is 1. The number of fused-ring (bicyclic) bond motifs is 4. The number of nitrogens with zero attached hydrogens (tertiary/aromatic N) is 1. The summed E-state index contributed by atoms with van der Waals surface area (Å²) in [5.74, 6) is 0.262. The number of carbonyl (C=O) groups excluding carboxylic acids is 2. The Kier molecular flexibility index (Phi) is 12.9. The summed E-state index contributed by atoms with van der Waals surface area (Å²) in [7, 11) is -4.11. The van der Waals surface area contributed by atoms with Crippen LogP contribution in [0.1, 0.15) is 82.7 Å². The average Bonchev–Trinajstić information content (AvgIpc) is 3.76. The number of alkyl carbamates (subject to hydrolysis) is 1. The lowest BCUT2D eigenvalue weighted by molar-refractivity contribution is -0.147. The number of hydrogen-bond donors (Lipinski definition) is 3. The monoisotopic (exact) mass is 858 g/mol. The smallest absolute Gasteiger partial charge is 0.407 e. The standard InChI is InChI=1S/C49H54N4O8S/c1-30-17-19-34(20-18-30)27-58-36-23-21-35(22-24-36)28-59-46(54)43(52-48(55)60-29-42-39-14-9-7-12-37(39)38-13-8-10-15-40(38)42)16-11-25-51-47(50)53-62(56,57)45-32(3)31(2)44-41(33(45)4)26-49(5,6)61-44/h7-10,12-15,17-24,42-43H,11,16,25-29H2,1-6H3,(H,52,55)(H3,50,51,53)/t43-/m1/s1. The molecular formula is C49H54N4O8S. The van der Waals surface area contributed by atoms with Gasteiger partial charge in [0, 0.05) is 24.4 Å². The molecule has 2 aliphatic rings. The summed E-state index contributed by atoms with van der Waals surface area (Å²) in [6, 6.07) is 30.3. The third-order valence-corrected chi connectivity index (χ3v) is 13.1. The van der Waals surface area contributed by atoms with E-state index in [1.54, 1.807) is 13.8 Å². The van der Waals surface area contributed by atoms with Gasteiger partial charge in [-0.1, -0.05) is 90.5 Å². The molecule has 0 saturated carbocycles. The van der Waals surface area contributed by atoms with Crippen molar-refractivity contribution in [1.29, 1.82) is 0 Å². The SMILES string of the molecule is Cc1ccc(COc2ccc(COC(=O)[C@@H](CCCN=C(N)NS(=O)(=O)c3c(C)c(C)c4c(c3C)CC(C)(C)O4)NC(=O)OCC3c4ccccc4-c4ccccc43)cc2)cc1. The fraction of sp³-hybridized carbons (Fsp3) is 0.327. The minimum atomic E-state index is -4.11. The van der Waals surface area contributed by atoms with Gasteiger partial charge in [-0.25, -0.2) is 22.7 Å². The number of guanidine groups is 1. The van der Waals surface area contributed by atoms with Crippen LogP contribution in [0, 0.1) is 27.7 Å². The predicted molar refractivity (Wildman–Crippen MR) is 239 cm³/mol. The van der Waals surface area contributed by atoms with E-state index in [0.29, 0.717) is 29.9 Å². The normalized spacial score (nSPS) is 14.5. The third-order valence-electron chi connectivity index (χ3n) is 11.5. The molecule has 0 radical (unpaired) electrons. The van der Waals surface area contributed by atoms with Crippen molar-refractivity contribution < 1.29 is 37.0 Å². The highest BCUT2D eigenvalue weighted by atomic mass is 32.2. The summed E-state index contributed by atoms with van der Waals surface area (Å²) in [6.07, 6.45) is 0.159. The van der Waals surface area contributed by atoms with Gasteiger partial charge >= 0.3 is 12.1 Å². The summed E-state index contributed by atoms with van der Waals surface area (Å²) in [5.41, 5.74) is 15.7. The van der Waals surface area contributed by atoms with Crippen LogP contribution in [0.5, 0.6) is 11.5 Å².